The summed E-state index contributed by atoms with van der Waals surface area (Å²) in [5.74, 6) is 0.786. The molecule has 0 saturated carbocycles. The Labute approximate surface area is 111 Å². The Balaban J connectivity index is 2.42. The summed E-state index contributed by atoms with van der Waals surface area (Å²) in [5.41, 5.74) is 0.264. The van der Waals surface area contributed by atoms with Crippen molar-refractivity contribution in [2.45, 2.75) is 25.9 Å². The maximum atomic E-state index is 11.8. The molecule has 0 aliphatic rings. The summed E-state index contributed by atoms with van der Waals surface area (Å²) in [7, 11) is 0. The van der Waals surface area contributed by atoms with Gasteiger partial charge in [-0.05, 0) is 49.3 Å². The lowest BCUT2D eigenvalue weighted by Crippen LogP contribution is -2.40. The molecule has 2 N–H and O–H groups in total. The van der Waals surface area contributed by atoms with Crippen LogP contribution in [0.4, 0.5) is 0 Å². The molecule has 5 heteroatoms. The van der Waals surface area contributed by atoms with Crippen LogP contribution in [0, 0.1) is 6.92 Å². The Bertz CT molecular complexity index is 374. The minimum absolute atomic E-state index is 0.104. The predicted molar refractivity (Wildman–Crippen MR) is 75.0 cm³/mol. The number of carbonyl (C=O) groups is 1. The maximum Gasteiger partial charge on any atom is 0.261 e. The molecule has 0 fully saturated rings. The molecule has 1 amide bonds. The molecule has 0 unspecified atom stereocenters. The number of amides is 1. The zero-order valence-corrected chi connectivity index (χ0v) is 12.1. The quantitative estimate of drug-likeness (QED) is 0.836. The van der Waals surface area contributed by atoms with Crippen molar-refractivity contribution in [3.8, 4) is 0 Å². The number of aliphatic hydroxyl groups is 1. The van der Waals surface area contributed by atoms with Gasteiger partial charge < -0.3 is 10.4 Å². The molecule has 17 heavy (non-hydrogen) atoms. The number of hydrogen-bond donors (Lipinski definition) is 2. The zero-order valence-electron chi connectivity index (χ0n) is 10.4. The van der Waals surface area contributed by atoms with Crippen LogP contribution in [0.2, 0.25) is 0 Å². The molecule has 1 aromatic heterocycles. The van der Waals surface area contributed by atoms with E-state index in [-0.39, 0.29) is 5.91 Å². The zero-order chi connectivity index (χ0) is 12.9. The number of nitrogens with one attached hydrogen (secondary N) is 1. The molecule has 1 atom stereocenters. The van der Waals surface area contributed by atoms with Crippen LogP contribution in [0.5, 0.6) is 0 Å². The molecule has 1 rings (SSSR count). The Morgan fingerprint density at radius 3 is 2.88 bits per heavy atom. The molecule has 0 saturated heterocycles. The molecular formula is C12H19NO2S2. The summed E-state index contributed by atoms with van der Waals surface area (Å²) in [5, 5.41) is 14.7. The van der Waals surface area contributed by atoms with Gasteiger partial charge in [0, 0.05) is 6.54 Å². The molecule has 0 aliphatic heterocycles. The third-order valence-corrected chi connectivity index (χ3v) is 4.09. The van der Waals surface area contributed by atoms with Gasteiger partial charge in [0.25, 0.3) is 5.91 Å². The highest BCUT2D eigenvalue weighted by Gasteiger charge is 2.21. The van der Waals surface area contributed by atoms with E-state index in [4.69, 9.17) is 0 Å². The minimum atomic E-state index is -0.828. The highest BCUT2D eigenvalue weighted by Crippen LogP contribution is 2.15. The van der Waals surface area contributed by atoms with E-state index in [9.17, 15) is 9.90 Å². The fourth-order valence-corrected chi connectivity index (χ4v) is 2.78. The van der Waals surface area contributed by atoms with Gasteiger partial charge in [-0.25, -0.2) is 0 Å². The second-order valence-electron chi connectivity index (χ2n) is 4.41. The monoisotopic (exact) mass is 273 g/mol. The summed E-state index contributed by atoms with van der Waals surface area (Å²) in [6, 6.07) is 1.86. The van der Waals surface area contributed by atoms with Gasteiger partial charge in [0.05, 0.1) is 10.5 Å². The van der Waals surface area contributed by atoms with E-state index in [1.54, 1.807) is 18.7 Å². The highest BCUT2D eigenvalue weighted by atomic mass is 32.2. The van der Waals surface area contributed by atoms with Crippen molar-refractivity contribution in [2.75, 3.05) is 18.6 Å². The number of rotatable bonds is 6. The number of hydrogen-bond acceptors (Lipinski definition) is 4. The molecule has 1 heterocycles. The summed E-state index contributed by atoms with van der Waals surface area (Å²) >= 11 is 3.12. The van der Waals surface area contributed by atoms with E-state index in [2.05, 4.69) is 5.32 Å². The molecular weight excluding hydrogens is 254 g/mol. The van der Waals surface area contributed by atoms with Gasteiger partial charge in [-0.15, -0.1) is 11.3 Å². The number of carbonyl (C=O) groups excluding carboxylic acids is 1. The first kappa shape index (κ1) is 14.5. The lowest BCUT2D eigenvalue weighted by Gasteiger charge is -2.23. The topological polar surface area (TPSA) is 49.3 Å². The SMILES string of the molecule is CSCC[C@](C)(O)CNC(=O)c1cc(C)cs1. The standard InChI is InChI=1S/C12H19NO2S2/c1-9-6-10(17-7-9)11(14)13-8-12(2,15)4-5-16-3/h6-7,15H,4-5,8H2,1-3H3,(H,13,14)/t12-/m0/s1. The summed E-state index contributed by atoms with van der Waals surface area (Å²) in [4.78, 5) is 12.5. The van der Waals surface area contributed by atoms with Crippen molar-refractivity contribution >= 4 is 29.0 Å². The molecule has 0 radical (unpaired) electrons. The fourth-order valence-electron chi connectivity index (χ4n) is 1.32. The van der Waals surface area contributed by atoms with Gasteiger partial charge in [0.2, 0.25) is 0 Å². The molecule has 96 valence electrons. The van der Waals surface area contributed by atoms with Gasteiger partial charge >= 0.3 is 0 Å². The third kappa shape index (κ3) is 5.10. The van der Waals surface area contributed by atoms with Crippen LogP contribution in [0.25, 0.3) is 0 Å². The van der Waals surface area contributed by atoms with E-state index >= 15 is 0 Å². The molecule has 1 aromatic rings. The van der Waals surface area contributed by atoms with Crippen LogP contribution < -0.4 is 5.32 Å². The summed E-state index contributed by atoms with van der Waals surface area (Å²) in [6.45, 7) is 4.01. The van der Waals surface area contributed by atoms with E-state index in [1.807, 2.05) is 24.6 Å². The maximum absolute atomic E-state index is 11.8. The smallest absolute Gasteiger partial charge is 0.261 e. The third-order valence-electron chi connectivity index (χ3n) is 2.43. The van der Waals surface area contributed by atoms with Crippen molar-refractivity contribution in [3.05, 3.63) is 21.9 Å². The van der Waals surface area contributed by atoms with Crippen LogP contribution in [-0.4, -0.2) is 35.2 Å². The van der Waals surface area contributed by atoms with Crippen molar-refractivity contribution < 1.29 is 9.90 Å². The lowest BCUT2D eigenvalue weighted by atomic mass is 10.0. The fraction of sp³-hybridized carbons (Fsp3) is 0.583. The average Bonchev–Trinajstić information content (AvgIpc) is 2.70. The van der Waals surface area contributed by atoms with Gasteiger partial charge in [-0.3, -0.25) is 4.79 Å². The van der Waals surface area contributed by atoms with E-state index < -0.39 is 5.60 Å². The second-order valence-corrected chi connectivity index (χ2v) is 6.31. The summed E-state index contributed by atoms with van der Waals surface area (Å²) in [6.07, 6.45) is 2.68. The molecule has 0 spiro atoms. The van der Waals surface area contributed by atoms with E-state index in [1.165, 1.54) is 11.3 Å². The lowest BCUT2D eigenvalue weighted by molar-refractivity contribution is 0.0529. The van der Waals surface area contributed by atoms with Crippen molar-refractivity contribution in [1.29, 1.82) is 0 Å². The molecule has 3 nitrogen and oxygen atoms in total. The molecule has 0 bridgehead atoms. The minimum Gasteiger partial charge on any atom is -0.388 e. The van der Waals surface area contributed by atoms with Crippen LogP contribution in [-0.2, 0) is 0 Å². The number of aryl methyl sites for hydroxylation is 1. The second kappa shape index (κ2) is 6.42. The van der Waals surface area contributed by atoms with Crippen molar-refractivity contribution in [1.82, 2.24) is 5.32 Å². The van der Waals surface area contributed by atoms with Gasteiger partial charge in [0.15, 0.2) is 0 Å². The van der Waals surface area contributed by atoms with Crippen LogP contribution in [0.1, 0.15) is 28.6 Å². The normalized spacial score (nSPS) is 14.4. The van der Waals surface area contributed by atoms with Gasteiger partial charge in [0.1, 0.15) is 0 Å². The Morgan fingerprint density at radius 2 is 2.35 bits per heavy atom. The van der Waals surface area contributed by atoms with Gasteiger partial charge in [-0.2, -0.15) is 11.8 Å². The number of thiophene rings is 1. The van der Waals surface area contributed by atoms with Crippen LogP contribution in [0.3, 0.4) is 0 Å². The van der Waals surface area contributed by atoms with Crippen molar-refractivity contribution in [3.63, 3.8) is 0 Å². The first-order chi connectivity index (χ1) is 7.94. The first-order valence-electron chi connectivity index (χ1n) is 5.49. The van der Waals surface area contributed by atoms with Crippen molar-refractivity contribution in [2.24, 2.45) is 0 Å². The first-order valence-corrected chi connectivity index (χ1v) is 7.76. The predicted octanol–water partition coefficient (Wildman–Crippen LogP) is 2.29. The molecule has 0 aromatic carbocycles. The average molecular weight is 273 g/mol. The molecule has 0 aliphatic carbocycles. The highest BCUT2D eigenvalue weighted by molar-refractivity contribution is 7.98. The van der Waals surface area contributed by atoms with Crippen LogP contribution in [0.15, 0.2) is 11.4 Å². The Hall–Kier alpha value is -0.520. The van der Waals surface area contributed by atoms with Crippen LogP contribution >= 0.6 is 23.1 Å². The largest absolute Gasteiger partial charge is 0.388 e. The summed E-state index contributed by atoms with van der Waals surface area (Å²) < 4.78 is 0. The van der Waals surface area contributed by atoms with Gasteiger partial charge in [-0.1, -0.05) is 0 Å². The number of thioether (sulfide) groups is 1. The Morgan fingerprint density at radius 1 is 1.65 bits per heavy atom. The Kier molecular flexibility index (Phi) is 5.49. The van der Waals surface area contributed by atoms with E-state index in [0.29, 0.717) is 17.8 Å². The van der Waals surface area contributed by atoms with E-state index in [0.717, 1.165) is 11.3 Å².